The Morgan fingerprint density at radius 2 is 2.05 bits per heavy atom. The van der Waals surface area contributed by atoms with Crippen LogP contribution in [0.25, 0.3) is 0 Å². The maximum atomic E-state index is 5.88. The number of likely N-dealkylation sites (tertiary alicyclic amines) is 1. The Labute approximate surface area is 122 Å². The van der Waals surface area contributed by atoms with Crippen molar-refractivity contribution in [2.45, 2.75) is 38.3 Å². The fourth-order valence-corrected chi connectivity index (χ4v) is 3.62. The van der Waals surface area contributed by atoms with E-state index in [1.165, 1.54) is 31.4 Å². The van der Waals surface area contributed by atoms with Gasteiger partial charge in [0.15, 0.2) is 0 Å². The van der Waals surface area contributed by atoms with E-state index >= 15 is 0 Å². The number of nitrogens with one attached hydrogen (secondary N) is 1. The van der Waals surface area contributed by atoms with Gasteiger partial charge in [-0.3, -0.25) is 4.90 Å². The zero-order valence-electron chi connectivity index (χ0n) is 12.6. The van der Waals surface area contributed by atoms with E-state index in [0.717, 1.165) is 24.9 Å². The highest BCUT2D eigenvalue weighted by atomic mass is 16.5. The molecule has 0 spiro atoms. The Balaban J connectivity index is 1.90. The van der Waals surface area contributed by atoms with Crippen LogP contribution >= 0.6 is 0 Å². The highest BCUT2D eigenvalue weighted by Crippen LogP contribution is 2.46. The van der Waals surface area contributed by atoms with Crippen molar-refractivity contribution in [2.75, 3.05) is 26.7 Å². The maximum Gasteiger partial charge on any atom is 0.124 e. The molecule has 1 saturated carbocycles. The summed E-state index contributed by atoms with van der Waals surface area (Å²) in [4.78, 5) is 2.72. The van der Waals surface area contributed by atoms with Gasteiger partial charge in [0, 0.05) is 17.6 Å². The Bertz CT molecular complexity index is 444. The lowest BCUT2D eigenvalue weighted by Gasteiger charge is -2.30. The van der Waals surface area contributed by atoms with Crippen LogP contribution in [0.2, 0.25) is 0 Å². The van der Waals surface area contributed by atoms with E-state index in [4.69, 9.17) is 4.74 Å². The fourth-order valence-electron chi connectivity index (χ4n) is 3.62. The van der Waals surface area contributed by atoms with Gasteiger partial charge in [0.1, 0.15) is 5.75 Å². The molecule has 0 bridgehead atoms. The third-order valence-electron chi connectivity index (χ3n) is 4.58. The molecule has 1 aromatic carbocycles. The van der Waals surface area contributed by atoms with Gasteiger partial charge in [-0.15, -0.1) is 0 Å². The molecule has 1 aliphatic carbocycles. The van der Waals surface area contributed by atoms with Gasteiger partial charge >= 0.3 is 0 Å². The highest BCUT2D eigenvalue weighted by Gasteiger charge is 2.43. The van der Waals surface area contributed by atoms with E-state index in [1.807, 2.05) is 0 Å². The van der Waals surface area contributed by atoms with Crippen LogP contribution < -0.4 is 10.1 Å². The molecule has 2 atom stereocenters. The molecule has 0 amide bonds. The minimum Gasteiger partial charge on any atom is -0.494 e. The average Bonchev–Trinajstić information content (AvgIpc) is 3.22. The summed E-state index contributed by atoms with van der Waals surface area (Å²) in [7, 11) is 2.06. The van der Waals surface area contributed by atoms with Crippen molar-refractivity contribution in [3.63, 3.8) is 0 Å². The Morgan fingerprint density at radius 1 is 1.25 bits per heavy atom. The summed E-state index contributed by atoms with van der Waals surface area (Å²) < 4.78 is 5.88. The van der Waals surface area contributed by atoms with Crippen LogP contribution in [0.3, 0.4) is 0 Å². The lowest BCUT2D eigenvalue weighted by atomic mass is 9.92. The fraction of sp³-hybridized carbons (Fsp3) is 0.647. The van der Waals surface area contributed by atoms with Gasteiger partial charge in [-0.25, -0.2) is 0 Å². The standard InChI is InChI=1S/C17H26N2O/c1-3-20-16-7-5-4-6-15(16)17-13(12-18-2)10-11-19(17)14-8-9-14/h4-7,13-14,17-18H,3,8-12H2,1-2H3. The van der Waals surface area contributed by atoms with Gasteiger partial charge in [-0.1, -0.05) is 18.2 Å². The van der Waals surface area contributed by atoms with Gasteiger partial charge in [0.05, 0.1) is 6.61 Å². The smallest absolute Gasteiger partial charge is 0.124 e. The summed E-state index contributed by atoms with van der Waals surface area (Å²) >= 11 is 0. The summed E-state index contributed by atoms with van der Waals surface area (Å²) in [6.45, 7) is 5.13. The molecule has 20 heavy (non-hydrogen) atoms. The molecule has 2 fully saturated rings. The molecule has 0 radical (unpaired) electrons. The Kier molecular flexibility index (Phi) is 4.27. The topological polar surface area (TPSA) is 24.5 Å². The van der Waals surface area contributed by atoms with Crippen molar-refractivity contribution in [1.29, 1.82) is 0 Å². The van der Waals surface area contributed by atoms with Crippen LogP contribution in [0.5, 0.6) is 5.75 Å². The van der Waals surface area contributed by atoms with Crippen molar-refractivity contribution in [3.05, 3.63) is 29.8 Å². The molecule has 3 rings (SSSR count). The average molecular weight is 274 g/mol. The van der Waals surface area contributed by atoms with E-state index in [0.29, 0.717) is 12.0 Å². The van der Waals surface area contributed by atoms with E-state index < -0.39 is 0 Å². The lowest BCUT2D eigenvalue weighted by Crippen LogP contribution is -2.31. The number of nitrogens with zero attached hydrogens (tertiary/aromatic N) is 1. The second-order valence-corrected chi connectivity index (χ2v) is 5.99. The highest BCUT2D eigenvalue weighted by molar-refractivity contribution is 5.37. The van der Waals surface area contributed by atoms with Crippen molar-refractivity contribution in [1.82, 2.24) is 10.2 Å². The number of para-hydroxylation sites is 1. The van der Waals surface area contributed by atoms with Crippen molar-refractivity contribution in [2.24, 2.45) is 5.92 Å². The Hall–Kier alpha value is -1.06. The zero-order chi connectivity index (χ0) is 13.9. The summed E-state index contributed by atoms with van der Waals surface area (Å²) in [5.41, 5.74) is 1.39. The molecule has 110 valence electrons. The van der Waals surface area contributed by atoms with Crippen molar-refractivity contribution in [3.8, 4) is 5.75 Å². The lowest BCUT2D eigenvalue weighted by molar-refractivity contribution is 0.210. The van der Waals surface area contributed by atoms with Crippen molar-refractivity contribution >= 4 is 0 Å². The molecule has 1 N–H and O–H groups in total. The van der Waals surface area contributed by atoms with Crippen LogP contribution in [-0.2, 0) is 0 Å². The van der Waals surface area contributed by atoms with E-state index in [-0.39, 0.29) is 0 Å². The monoisotopic (exact) mass is 274 g/mol. The molecule has 1 aliphatic heterocycles. The predicted molar refractivity (Wildman–Crippen MR) is 82.1 cm³/mol. The molecule has 3 nitrogen and oxygen atoms in total. The first-order valence-electron chi connectivity index (χ1n) is 7.97. The third-order valence-corrected chi connectivity index (χ3v) is 4.58. The largest absolute Gasteiger partial charge is 0.494 e. The molecule has 0 aromatic heterocycles. The minimum atomic E-state index is 0.526. The second kappa shape index (κ2) is 6.15. The van der Waals surface area contributed by atoms with Crippen LogP contribution in [0.1, 0.15) is 37.8 Å². The van der Waals surface area contributed by atoms with Gasteiger partial charge < -0.3 is 10.1 Å². The molecular formula is C17H26N2O. The van der Waals surface area contributed by atoms with E-state index in [9.17, 15) is 0 Å². The number of ether oxygens (including phenoxy) is 1. The van der Waals surface area contributed by atoms with Crippen molar-refractivity contribution < 1.29 is 4.74 Å². The van der Waals surface area contributed by atoms with Gasteiger partial charge in [0.2, 0.25) is 0 Å². The molecule has 2 aliphatic rings. The first-order valence-corrected chi connectivity index (χ1v) is 7.97. The van der Waals surface area contributed by atoms with Crippen LogP contribution in [-0.4, -0.2) is 37.7 Å². The second-order valence-electron chi connectivity index (χ2n) is 5.99. The third kappa shape index (κ3) is 2.70. The minimum absolute atomic E-state index is 0.526. The molecule has 2 unspecified atom stereocenters. The van der Waals surface area contributed by atoms with Gasteiger partial charge in [-0.2, -0.15) is 0 Å². The summed E-state index contributed by atoms with van der Waals surface area (Å²) in [6.07, 6.45) is 4.04. The van der Waals surface area contributed by atoms with Crippen LogP contribution in [0.4, 0.5) is 0 Å². The van der Waals surface area contributed by atoms with Crippen LogP contribution in [0, 0.1) is 5.92 Å². The molecule has 1 aromatic rings. The van der Waals surface area contributed by atoms with E-state index in [1.54, 1.807) is 0 Å². The first-order chi connectivity index (χ1) is 9.85. The molecule has 3 heteroatoms. The maximum absolute atomic E-state index is 5.88. The number of benzene rings is 1. The number of rotatable bonds is 6. The number of hydrogen-bond acceptors (Lipinski definition) is 3. The quantitative estimate of drug-likeness (QED) is 0.863. The van der Waals surface area contributed by atoms with Crippen LogP contribution in [0.15, 0.2) is 24.3 Å². The molecule has 1 saturated heterocycles. The Morgan fingerprint density at radius 3 is 2.75 bits per heavy atom. The molecule has 1 heterocycles. The first kappa shape index (κ1) is 13.9. The zero-order valence-corrected chi connectivity index (χ0v) is 12.6. The van der Waals surface area contributed by atoms with Gasteiger partial charge in [-0.05, 0) is 58.3 Å². The summed E-state index contributed by atoms with van der Waals surface area (Å²) in [5.74, 6) is 1.77. The van der Waals surface area contributed by atoms with E-state index in [2.05, 4.69) is 48.5 Å². The summed E-state index contributed by atoms with van der Waals surface area (Å²) in [6, 6.07) is 9.96. The predicted octanol–water partition coefficient (Wildman–Crippen LogP) is 2.83. The number of hydrogen-bond donors (Lipinski definition) is 1. The van der Waals surface area contributed by atoms with Gasteiger partial charge in [0.25, 0.3) is 0 Å². The normalized spacial score (nSPS) is 26.9. The summed E-state index contributed by atoms with van der Waals surface area (Å²) in [5, 5.41) is 3.37. The molecular weight excluding hydrogens is 248 g/mol. The SMILES string of the molecule is CCOc1ccccc1C1C(CNC)CCN1C1CC1.